The van der Waals surface area contributed by atoms with Crippen LogP contribution in [0.25, 0.3) is 0 Å². The molecule has 1 saturated heterocycles. The third-order valence-corrected chi connectivity index (χ3v) is 5.28. The highest BCUT2D eigenvalue weighted by Crippen LogP contribution is 2.18. The summed E-state index contributed by atoms with van der Waals surface area (Å²) in [5.74, 6) is 0.692. The fourth-order valence-corrected chi connectivity index (χ4v) is 3.93. The van der Waals surface area contributed by atoms with Crippen molar-refractivity contribution >= 4 is 10.8 Å². The summed E-state index contributed by atoms with van der Waals surface area (Å²) in [7, 11) is -0.909. The van der Waals surface area contributed by atoms with Crippen LogP contribution in [0, 0.1) is 0 Å². The van der Waals surface area contributed by atoms with Crippen LogP contribution in [0.5, 0.6) is 0 Å². The van der Waals surface area contributed by atoms with Crippen molar-refractivity contribution in [1.29, 1.82) is 0 Å². The molecular weight excluding hydrogens is 284 g/mol. The van der Waals surface area contributed by atoms with Gasteiger partial charge in [0.2, 0.25) is 0 Å². The van der Waals surface area contributed by atoms with Crippen molar-refractivity contribution < 1.29 is 4.21 Å². The van der Waals surface area contributed by atoms with E-state index in [1.807, 2.05) is 35.0 Å². The SMILES string of the molecule is O=S(CCN1CCCC1Cn1cncn1)c1ccccc1. The summed E-state index contributed by atoms with van der Waals surface area (Å²) in [5.41, 5.74) is 0. The van der Waals surface area contributed by atoms with Crippen LogP contribution < -0.4 is 0 Å². The van der Waals surface area contributed by atoms with Gasteiger partial charge in [0.05, 0.1) is 17.3 Å². The minimum absolute atomic E-state index is 0.486. The molecule has 1 fully saturated rings. The molecule has 0 amide bonds. The van der Waals surface area contributed by atoms with E-state index in [9.17, 15) is 4.21 Å². The molecule has 5 nitrogen and oxygen atoms in total. The fourth-order valence-electron chi connectivity index (χ4n) is 2.83. The van der Waals surface area contributed by atoms with Gasteiger partial charge in [-0.2, -0.15) is 5.10 Å². The van der Waals surface area contributed by atoms with E-state index < -0.39 is 10.8 Å². The van der Waals surface area contributed by atoms with Crippen LogP contribution >= 0.6 is 0 Å². The van der Waals surface area contributed by atoms with E-state index in [2.05, 4.69) is 15.0 Å². The van der Waals surface area contributed by atoms with Crippen LogP contribution in [-0.4, -0.2) is 48.8 Å². The molecule has 0 saturated carbocycles. The van der Waals surface area contributed by atoms with Gasteiger partial charge in [-0.25, -0.2) is 4.98 Å². The molecule has 0 spiro atoms. The Morgan fingerprint density at radius 3 is 2.90 bits per heavy atom. The molecule has 0 bridgehead atoms. The second kappa shape index (κ2) is 6.95. The van der Waals surface area contributed by atoms with Gasteiger partial charge >= 0.3 is 0 Å². The zero-order valence-electron chi connectivity index (χ0n) is 12.0. The lowest BCUT2D eigenvalue weighted by atomic mass is 10.2. The molecule has 2 atom stereocenters. The standard InChI is InChI=1S/C15H20N4OS/c20-21(15-6-2-1-3-7-15)10-9-18-8-4-5-14(18)11-19-13-16-12-17-19/h1-3,6-7,12-14H,4-5,8-11H2. The first-order valence-electron chi connectivity index (χ1n) is 7.33. The normalized spacial score (nSPS) is 20.7. The van der Waals surface area contributed by atoms with Crippen molar-refractivity contribution in [3.63, 3.8) is 0 Å². The quantitative estimate of drug-likeness (QED) is 0.812. The molecule has 6 heteroatoms. The Balaban J connectivity index is 1.53. The molecule has 21 heavy (non-hydrogen) atoms. The number of benzene rings is 1. The third kappa shape index (κ3) is 3.77. The van der Waals surface area contributed by atoms with Crippen molar-refractivity contribution in [2.24, 2.45) is 0 Å². The molecule has 2 heterocycles. The smallest absolute Gasteiger partial charge is 0.137 e. The zero-order chi connectivity index (χ0) is 14.5. The minimum atomic E-state index is -0.909. The second-order valence-electron chi connectivity index (χ2n) is 5.31. The summed E-state index contributed by atoms with van der Waals surface area (Å²) in [6, 6.07) is 10.2. The molecular formula is C15H20N4OS. The van der Waals surface area contributed by atoms with E-state index in [1.54, 1.807) is 12.7 Å². The van der Waals surface area contributed by atoms with Gasteiger partial charge in [-0.05, 0) is 31.5 Å². The van der Waals surface area contributed by atoms with E-state index in [4.69, 9.17) is 0 Å². The fraction of sp³-hybridized carbons (Fsp3) is 0.467. The molecule has 1 aromatic heterocycles. The largest absolute Gasteiger partial charge is 0.298 e. The first kappa shape index (κ1) is 14.4. The summed E-state index contributed by atoms with van der Waals surface area (Å²) >= 11 is 0. The number of nitrogens with zero attached hydrogens (tertiary/aromatic N) is 4. The predicted octanol–water partition coefficient (Wildman–Crippen LogP) is 1.55. The maximum Gasteiger partial charge on any atom is 0.137 e. The Hall–Kier alpha value is -1.53. The number of rotatable bonds is 6. The maximum absolute atomic E-state index is 12.3. The van der Waals surface area contributed by atoms with Gasteiger partial charge in [0.15, 0.2) is 0 Å². The molecule has 2 unspecified atom stereocenters. The Kier molecular flexibility index (Phi) is 4.77. The van der Waals surface area contributed by atoms with E-state index in [0.29, 0.717) is 11.8 Å². The summed E-state index contributed by atoms with van der Waals surface area (Å²) in [6.07, 6.45) is 5.72. The molecule has 1 aromatic carbocycles. The van der Waals surface area contributed by atoms with Crippen LogP contribution in [0.3, 0.4) is 0 Å². The van der Waals surface area contributed by atoms with Crippen LogP contribution in [0.15, 0.2) is 47.9 Å². The van der Waals surface area contributed by atoms with Crippen molar-refractivity contribution in [2.45, 2.75) is 30.3 Å². The second-order valence-corrected chi connectivity index (χ2v) is 6.88. The number of hydrogen-bond donors (Lipinski definition) is 0. The summed E-state index contributed by atoms with van der Waals surface area (Å²) in [4.78, 5) is 7.34. The van der Waals surface area contributed by atoms with Crippen molar-refractivity contribution in [3.8, 4) is 0 Å². The van der Waals surface area contributed by atoms with Crippen LogP contribution in [-0.2, 0) is 17.3 Å². The van der Waals surface area contributed by atoms with E-state index in [0.717, 1.165) is 24.5 Å². The minimum Gasteiger partial charge on any atom is -0.298 e. The van der Waals surface area contributed by atoms with E-state index >= 15 is 0 Å². The Morgan fingerprint density at radius 2 is 2.14 bits per heavy atom. The topological polar surface area (TPSA) is 51.0 Å². The first-order valence-corrected chi connectivity index (χ1v) is 8.65. The zero-order valence-corrected chi connectivity index (χ0v) is 12.8. The van der Waals surface area contributed by atoms with E-state index in [1.165, 1.54) is 12.8 Å². The Labute approximate surface area is 127 Å². The lowest BCUT2D eigenvalue weighted by Gasteiger charge is -2.23. The Bertz CT molecular complexity index is 573. The van der Waals surface area contributed by atoms with Gasteiger partial charge in [0, 0.05) is 23.2 Å². The van der Waals surface area contributed by atoms with Gasteiger partial charge in [-0.1, -0.05) is 18.2 Å². The predicted molar refractivity (Wildman–Crippen MR) is 82.3 cm³/mol. The van der Waals surface area contributed by atoms with E-state index in [-0.39, 0.29) is 0 Å². The summed E-state index contributed by atoms with van der Waals surface area (Å²) < 4.78 is 14.2. The Morgan fingerprint density at radius 1 is 1.29 bits per heavy atom. The molecule has 1 aliphatic rings. The first-order chi connectivity index (χ1) is 10.3. The molecule has 3 rings (SSSR count). The number of aromatic nitrogens is 3. The molecule has 2 aromatic rings. The van der Waals surface area contributed by atoms with Gasteiger partial charge in [0.25, 0.3) is 0 Å². The van der Waals surface area contributed by atoms with Gasteiger partial charge in [0.1, 0.15) is 12.7 Å². The van der Waals surface area contributed by atoms with Crippen LogP contribution in [0.4, 0.5) is 0 Å². The van der Waals surface area contributed by atoms with Crippen molar-refractivity contribution in [2.75, 3.05) is 18.8 Å². The summed E-state index contributed by atoms with van der Waals surface area (Å²) in [5, 5.41) is 4.18. The molecule has 0 radical (unpaired) electrons. The highest BCUT2D eigenvalue weighted by molar-refractivity contribution is 7.85. The summed E-state index contributed by atoms with van der Waals surface area (Å²) in [6.45, 7) is 2.84. The highest BCUT2D eigenvalue weighted by atomic mass is 32.2. The number of hydrogen-bond acceptors (Lipinski definition) is 4. The van der Waals surface area contributed by atoms with Crippen LogP contribution in [0.2, 0.25) is 0 Å². The van der Waals surface area contributed by atoms with Gasteiger partial charge in [-0.3, -0.25) is 13.8 Å². The highest BCUT2D eigenvalue weighted by Gasteiger charge is 2.25. The average Bonchev–Trinajstić information content (AvgIpc) is 3.18. The molecule has 0 aliphatic carbocycles. The number of likely N-dealkylation sites (tertiary alicyclic amines) is 1. The lowest BCUT2D eigenvalue weighted by molar-refractivity contribution is 0.239. The van der Waals surface area contributed by atoms with Crippen LogP contribution in [0.1, 0.15) is 12.8 Å². The van der Waals surface area contributed by atoms with Gasteiger partial charge in [-0.15, -0.1) is 0 Å². The van der Waals surface area contributed by atoms with Crippen molar-refractivity contribution in [3.05, 3.63) is 43.0 Å². The lowest BCUT2D eigenvalue weighted by Crippen LogP contribution is -2.35. The monoisotopic (exact) mass is 304 g/mol. The van der Waals surface area contributed by atoms with Crippen molar-refractivity contribution in [1.82, 2.24) is 19.7 Å². The molecule has 112 valence electrons. The third-order valence-electron chi connectivity index (χ3n) is 3.93. The molecule has 1 aliphatic heterocycles. The maximum atomic E-state index is 12.3. The van der Waals surface area contributed by atoms with Gasteiger partial charge < -0.3 is 0 Å². The average molecular weight is 304 g/mol. The molecule has 0 N–H and O–H groups in total.